The minimum Gasteiger partial charge on any atom is -0.493 e. The van der Waals surface area contributed by atoms with Crippen molar-refractivity contribution in [1.82, 2.24) is 0 Å². The van der Waals surface area contributed by atoms with E-state index in [0.717, 1.165) is 23.6 Å². The summed E-state index contributed by atoms with van der Waals surface area (Å²) in [6.45, 7) is 4.18. The maximum Gasteiger partial charge on any atom is 0.160 e. The van der Waals surface area contributed by atoms with Crippen molar-refractivity contribution < 1.29 is 9.47 Å². The highest BCUT2D eigenvalue weighted by Crippen LogP contribution is 2.28. The Morgan fingerprint density at radius 2 is 1.68 bits per heavy atom. The zero-order valence-corrected chi connectivity index (χ0v) is 13.7. The summed E-state index contributed by atoms with van der Waals surface area (Å²) in [5.41, 5.74) is 3.50. The molecule has 0 saturated carbocycles. The molecule has 0 aliphatic carbocycles. The van der Waals surface area contributed by atoms with Gasteiger partial charge in [0.15, 0.2) is 11.5 Å². The molecule has 0 spiro atoms. The van der Waals surface area contributed by atoms with E-state index in [0.29, 0.717) is 0 Å². The Balaban J connectivity index is 2.11. The van der Waals surface area contributed by atoms with Crippen molar-refractivity contribution in [3.63, 3.8) is 0 Å². The first-order valence-electron chi connectivity index (χ1n) is 7.43. The largest absolute Gasteiger partial charge is 0.493 e. The topological polar surface area (TPSA) is 30.8 Å². The third-order valence-electron chi connectivity index (χ3n) is 3.60. The Morgan fingerprint density at radius 3 is 2.32 bits per heavy atom. The van der Waals surface area contributed by atoms with Crippen LogP contribution < -0.4 is 9.47 Å². The molecule has 0 N–H and O–H groups in total. The summed E-state index contributed by atoms with van der Waals surface area (Å²) in [6.07, 6.45) is 0.803. The van der Waals surface area contributed by atoms with Crippen molar-refractivity contribution in [3.8, 4) is 11.5 Å². The first kappa shape index (κ1) is 16.1. The van der Waals surface area contributed by atoms with Gasteiger partial charge < -0.3 is 9.47 Å². The molecule has 0 aromatic heterocycles. The Kier molecular flexibility index (Phi) is 5.59. The normalized spacial score (nSPS) is 12.8. The molecular weight excluding hydrogens is 274 g/mol. The van der Waals surface area contributed by atoms with Gasteiger partial charge in [0, 0.05) is 12.1 Å². The lowest BCUT2D eigenvalue weighted by Gasteiger charge is -2.11. The van der Waals surface area contributed by atoms with Gasteiger partial charge in [-0.3, -0.25) is 4.99 Å². The van der Waals surface area contributed by atoms with Gasteiger partial charge in [-0.1, -0.05) is 36.4 Å². The van der Waals surface area contributed by atoms with Gasteiger partial charge in [-0.15, -0.1) is 0 Å². The van der Waals surface area contributed by atoms with Crippen LogP contribution in [0.3, 0.4) is 0 Å². The number of rotatable bonds is 6. The van der Waals surface area contributed by atoms with Gasteiger partial charge in [0.05, 0.1) is 20.3 Å². The molecule has 2 aromatic carbocycles. The van der Waals surface area contributed by atoms with Crippen molar-refractivity contribution in [3.05, 3.63) is 59.7 Å². The monoisotopic (exact) mass is 297 g/mol. The van der Waals surface area contributed by atoms with Crippen LogP contribution in [-0.2, 0) is 6.42 Å². The second-order valence-electron chi connectivity index (χ2n) is 5.32. The average molecular weight is 297 g/mol. The molecule has 0 unspecified atom stereocenters. The van der Waals surface area contributed by atoms with Gasteiger partial charge in [0.1, 0.15) is 0 Å². The molecule has 0 radical (unpaired) electrons. The first-order chi connectivity index (χ1) is 10.6. The van der Waals surface area contributed by atoms with Gasteiger partial charge in [-0.05, 0) is 37.1 Å². The molecular formula is C19H23NO2. The molecule has 0 saturated heterocycles. The molecule has 2 rings (SSSR count). The Hall–Kier alpha value is -2.29. The van der Waals surface area contributed by atoms with E-state index in [-0.39, 0.29) is 6.04 Å². The Bertz CT molecular complexity index is 635. The van der Waals surface area contributed by atoms with Gasteiger partial charge >= 0.3 is 0 Å². The second-order valence-corrected chi connectivity index (χ2v) is 5.32. The van der Waals surface area contributed by atoms with E-state index in [2.05, 4.69) is 26.0 Å². The fourth-order valence-electron chi connectivity index (χ4n) is 2.47. The van der Waals surface area contributed by atoms with E-state index in [1.807, 2.05) is 36.4 Å². The third kappa shape index (κ3) is 4.10. The molecule has 3 heteroatoms. The molecule has 0 fully saturated rings. The predicted octanol–water partition coefficient (Wildman–Crippen LogP) is 4.47. The minimum atomic E-state index is 0.168. The molecule has 1 atom stereocenters. The van der Waals surface area contributed by atoms with Gasteiger partial charge in [0.25, 0.3) is 0 Å². The molecule has 2 aromatic rings. The van der Waals surface area contributed by atoms with Gasteiger partial charge in [-0.2, -0.15) is 0 Å². The predicted molar refractivity (Wildman–Crippen MR) is 91.2 cm³/mol. The highest BCUT2D eigenvalue weighted by atomic mass is 16.5. The van der Waals surface area contributed by atoms with E-state index in [1.165, 1.54) is 11.1 Å². The standard InChI is InChI=1S/C19H23NO2/c1-14(20-15(2)17-8-6-5-7-9-17)12-16-10-11-18(21-3)19(13-16)22-4/h5-11,13,15H,12H2,1-4H3/t15-/m1/s1. The number of nitrogens with zero attached hydrogens (tertiary/aromatic N) is 1. The average Bonchev–Trinajstić information content (AvgIpc) is 2.55. The number of methoxy groups -OCH3 is 2. The number of aliphatic imine (C=N–C) groups is 1. The SMILES string of the molecule is COc1ccc(CC(C)=N[C@H](C)c2ccccc2)cc1OC. The second kappa shape index (κ2) is 7.64. The van der Waals surface area contributed by atoms with Crippen LogP contribution in [0.15, 0.2) is 53.5 Å². The summed E-state index contributed by atoms with van der Waals surface area (Å²) in [4.78, 5) is 4.79. The van der Waals surface area contributed by atoms with E-state index < -0.39 is 0 Å². The first-order valence-corrected chi connectivity index (χ1v) is 7.43. The summed E-state index contributed by atoms with van der Waals surface area (Å²) < 4.78 is 10.6. The van der Waals surface area contributed by atoms with E-state index in [4.69, 9.17) is 14.5 Å². The van der Waals surface area contributed by atoms with E-state index in [9.17, 15) is 0 Å². The van der Waals surface area contributed by atoms with Crippen molar-refractivity contribution >= 4 is 5.71 Å². The van der Waals surface area contributed by atoms with E-state index >= 15 is 0 Å². The molecule has 3 nitrogen and oxygen atoms in total. The molecule has 0 heterocycles. The van der Waals surface area contributed by atoms with Crippen LogP contribution in [0, 0.1) is 0 Å². The van der Waals surface area contributed by atoms with Gasteiger partial charge in [-0.25, -0.2) is 0 Å². The molecule has 0 aliphatic heterocycles. The van der Waals surface area contributed by atoms with Crippen molar-refractivity contribution in [2.75, 3.05) is 14.2 Å². The highest BCUT2D eigenvalue weighted by molar-refractivity contribution is 5.84. The zero-order valence-electron chi connectivity index (χ0n) is 13.7. The number of hydrogen-bond acceptors (Lipinski definition) is 3. The fourth-order valence-corrected chi connectivity index (χ4v) is 2.47. The molecule has 0 bridgehead atoms. The summed E-state index contributed by atoms with van der Waals surface area (Å²) in [5, 5.41) is 0. The fraction of sp³-hybridized carbons (Fsp3) is 0.316. The summed E-state index contributed by atoms with van der Waals surface area (Å²) in [7, 11) is 3.30. The van der Waals surface area contributed by atoms with Crippen LogP contribution >= 0.6 is 0 Å². The van der Waals surface area contributed by atoms with Crippen molar-refractivity contribution in [2.24, 2.45) is 4.99 Å². The highest BCUT2D eigenvalue weighted by Gasteiger charge is 2.07. The molecule has 22 heavy (non-hydrogen) atoms. The van der Waals surface area contributed by atoms with Crippen LogP contribution in [0.5, 0.6) is 11.5 Å². The Morgan fingerprint density at radius 1 is 1.00 bits per heavy atom. The van der Waals surface area contributed by atoms with Crippen molar-refractivity contribution in [2.45, 2.75) is 26.3 Å². The smallest absolute Gasteiger partial charge is 0.160 e. The number of benzene rings is 2. The van der Waals surface area contributed by atoms with Crippen LogP contribution in [0.1, 0.15) is 31.0 Å². The van der Waals surface area contributed by atoms with Gasteiger partial charge in [0.2, 0.25) is 0 Å². The summed E-state index contributed by atoms with van der Waals surface area (Å²) in [5.74, 6) is 1.50. The summed E-state index contributed by atoms with van der Waals surface area (Å²) in [6, 6.07) is 16.5. The quantitative estimate of drug-likeness (QED) is 0.737. The van der Waals surface area contributed by atoms with Crippen LogP contribution in [0.4, 0.5) is 0 Å². The Labute approximate surface area is 132 Å². The third-order valence-corrected chi connectivity index (χ3v) is 3.60. The number of hydrogen-bond donors (Lipinski definition) is 0. The van der Waals surface area contributed by atoms with Crippen LogP contribution in [0.2, 0.25) is 0 Å². The lowest BCUT2D eigenvalue weighted by molar-refractivity contribution is 0.354. The number of ether oxygens (including phenoxy) is 2. The maximum atomic E-state index is 5.34. The van der Waals surface area contributed by atoms with Crippen LogP contribution in [0.25, 0.3) is 0 Å². The van der Waals surface area contributed by atoms with Crippen molar-refractivity contribution in [1.29, 1.82) is 0 Å². The minimum absolute atomic E-state index is 0.168. The summed E-state index contributed by atoms with van der Waals surface area (Å²) >= 11 is 0. The molecule has 0 amide bonds. The zero-order chi connectivity index (χ0) is 15.9. The molecule has 116 valence electrons. The maximum absolute atomic E-state index is 5.34. The lowest BCUT2D eigenvalue weighted by Crippen LogP contribution is -2.02. The van der Waals surface area contributed by atoms with Crippen LogP contribution in [-0.4, -0.2) is 19.9 Å². The van der Waals surface area contributed by atoms with E-state index in [1.54, 1.807) is 14.2 Å². The molecule has 0 aliphatic rings. The lowest BCUT2D eigenvalue weighted by atomic mass is 10.1.